The molecule has 0 aromatic rings. The van der Waals surface area contributed by atoms with Crippen LogP contribution in [0.15, 0.2) is 0 Å². The molecule has 0 spiro atoms. The first-order chi connectivity index (χ1) is 5.83. The zero-order chi connectivity index (χ0) is 8.81. The summed E-state index contributed by atoms with van der Waals surface area (Å²) in [6.45, 7) is 2.29. The lowest BCUT2D eigenvalue weighted by Crippen LogP contribution is -2.04. The van der Waals surface area contributed by atoms with Crippen molar-refractivity contribution in [2.45, 2.75) is 63.1 Å². The number of rotatable bonds is 3. The fourth-order valence-corrected chi connectivity index (χ4v) is 3.00. The van der Waals surface area contributed by atoms with Crippen molar-refractivity contribution in [3.05, 3.63) is 0 Å². The summed E-state index contributed by atoms with van der Waals surface area (Å²) in [4.78, 5) is 0.821. The van der Waals surface area contributed by atoms with Gasteiger partial charge in [0.05, 0.1) is 0 Å². The van der Waals surface area contributed by atoms with Gasteiger partial charge in [-0.05, 0) is 18.8 Å². The molecule has 1 saturated carbocycles. The van der Waals surface area contributed by atoms with E-state index >= 15 is 0 Å². The maximum atomic E-state index is 3.77. The molecule has 12 heavy (non-hydrogen) atoms. The van der Waals surface area contributed by atoms with E-state index in [-0.39, 0.29) is 0 Å². The van der Waals surface area contributed by atoms with E-state index in [1.165, 1.54) is 51.4 Å². The normalized spacial score (nSPS) is 31.5. The Morgan fingerprint density at radius 3 is 2.75 bits per heavy atom. The van der Waals surface area contributed by atoms with Crippen LogP contribution >= 0.6 is 15.9 Å². The van der Waals surface area contributed by atoms with Gasteiger partial charge in [-0.25, -0.2) is 0 Å². The predicted molar refractivity (Wildman–Crippen MR) is 58.8 cm³/mol. The van der Waals surface area contributed by atoms with E-state index in [9.17, 15) is 0 Å². The second-order valence-electron chi connectivity index (χ2n) is 4.13. The number of halogens is 1. The Labute approximate surface area is 85.3 Å². The molecule has 0 heterocycles. The lowest BCUT2D eigenvalue weighted by Gasteiger charge is -2.15. The summed E-state index contributed by atoms with van der Waals surface area (Å²) in [7, 11) is 0. The zero-order valence-corrected chi connectivity index (χ0v) is 9.78. The van der Waals surface area contributed by atoms with Crippen LogP contribution in [-0.2, 0) is 0 Å². The van der Waals surface area contributed by atoms with Crippen LogP contribution in [0.3, 0.4) is 0 Å². The van der Waals surface area contributed by atoms with Gasteiger partial charge in [-0.2, -0.15) is 0 Å². The van der Waals surface area contributed by atoms with E-state index in [4.69, 9.17) is 0 Å². The van der Waals surface area contributed by atoms with Crippen LogP contribution in [0.1, 0.15) is 58.3 Å². The van der Waals surface area contributed by atoms with Crippen molar-refractivity contribution in [1.82, 2.24) is 0 Å². The minimum absolute atomic E-state index is 0.821. The van der Waals surface area contributed by atoms with Crippen molar-refractivity contribution in [3.8, 4) is 0 Å². The topological polar surface area (TPSA) is 0 Å². The molecule has 0 aromatic heterocycles. The fourth-order valence-electron chi connectivity index (χ4n) is 2.15. The molecule has 1 heteroatoms. The average molecular weight is 233 g/mol. The Morgan fingerprint density at radius 2 is 2.00 bits per heavy atom. The van der Waals surface area contributed by atoms with Crippen LogP contribution < -0.4 is 0 Å². The van der Waals surface area contributed by atoms with Crippen molar-refractivity contribution in [1.29, 1.82) is 0 Å². The molecule has 1 aliphatic rings. The summed E-state index contributed by atoms with van der Waals surface area (Å²) in [5.74, 6) is 1.02. The molecule has 0 bridgehead atoms. The van der Waals surface area contributed by atoms with E-state index in [1.807, 2.05) is 0 Å². The summed E-state index contributed by atoms with van der Waals surface area (Å²) in [5, 5.41) is 0. The first-order valence-corrected chi connectivity index (χ1v) is 6.38. The average Bonchev–Trinajstić information content (AvgIpc) is 2.26. The van der Waals surface area contributed by atoms with Gasteiger partial charge in [-0.15, -0.1) is 0 Å². The Bertz CT molecular complexity index is 112. The van der Waals surface area contributed by atoms with E-state index < -0.39 is 0 Å². The maximum Gasteiger partial charge on any atom is 0.0148 e. The van der Waals surface area contributed by atoms with Gasteiger partial charge in [-0.1, -0.05) is 61.4 Å². The van der Waals surface area contributed by atoms with Crippen molar-refractivity contribution >= 4 is 15.9 Å². The second kappa shape index (κ2) is 6.01. The summed E-state index contributed by atoms with van der Waals surface area (Å²) in [5.41, 5.74) is 0. The second-order valence-corrected chi connectivity index (χ2v) is 5.42. The Hall–Kier alpha value is 0.480. The summed E-state index contributed by atoms with van der Waals surface area (Å²) in [6, 6.07) is 0. The molecule has 0 aromatic carbocycles. The van der Waals surface area contributed by atoms with E-state index in [1.54, 1.807) is 0 Å². The van der Waals surface area contributed by atoms with Gasteiger partial charge in [-0.3, -0.25) is 0 Å². The van der Waals surface area contributed by atoms with Crippen molar-refractivity contribution in [3.63, 3.8) is 0 Å². The minimum Gasteiger partial charge on any atom is -0.0891 e. The summed E-state index contributed by atoms with van der Waals surface area (Å²) in [6.07, 6.45) is 11.5. The van der Waals surface area contributed by atoms with Crippen LogP contribution in [0.25, 0.3) is 0 Å². The molecule has 0 aliphatic heterocycles. The Balaban J connectivity index is 2.21. The van der Waals surface area contributed by atoms with Gasteiger partial charge < -0.3 is 0 Å². The summed E-state index contributed by atoms with van der Waals surface area (Å²) < 4.78 is 0. The molecule has 0 radical (unpaired) electrons. The number of alkyl halides is 1. The van der Waals surface area contributed by atoms with Gasteiger partial charge in [0, 0.05) is 4.83 Å². The van der Waals surface area contributed by atoms with Crippen molar-refractivity contribution in [2.24, 2.45) is 5.92 Å². The molecule has 0 amide bonds. The molecule has 1 aliphatic carbocycles. The minimum atomic E-state index is 0.821. The third-order valence-electron chi connectivity index (χ3n) is 2.93. The maximum absolute atomic E-state index is 3.77. The zero-order valence-electron chi connectivity index (χ0n) is 8.19. The predicted octanol–water partition coefficient (Wildman–Crippen LogP) is 4.52. The SMILES string of the molecule is CCCCC1CCCCC(Br)C1. The highest BCUT2D eigenvalue weighted by Crippen LogP contribution is 2.30. The van der Waals surface area contributed by atoms with Gasteiger partial charge in [0.1, 0.15) is 0 Å². The number of hydrogen-bond acceptors (Lipinski definition) is 0. The van der Waals surface area contributed by atoms with Gasteiger partial charge in [0.15, 0.2) is 0 Å². The number of hydrogen-bond donors (Lipinski definition) is 0. The molecule has 72 valence electrons. The van der Waals surface area contributed by atoms with Gasteiger partial charge in [0.25, 0.3) is 0 Å². The molecule has 0 saturated heterocycles. The van der Waals surface area contributed by atoms with E-state index in [0.717, 1.165) is 10.7 Å². The Morgan fingerprint density at radius 1 is 1.25 bits per heavy atom. The fraction of sp³-hybridized carbons (Fsp3) is 1.00. The molecule has 0 nitrogen and oxygen atoms in total. The summed E-state index contributed by atoms with van der Waals surface area (Å²) >= 11 is 3.77. The molecular formula is C11H21Br. The van der Waals surface area contributed by atoms with Crippen LogP contribution in [-0.4, -0.2) is 4.83 Å². The molecule has 1 fully saturated rings. The quantitative estimate of drug-likeness (QED) is 0.496. The smallest absolute Gasteiger partial charge is 0.0148 e. The standard InChI is InChI=1S/C11H21Br/c1-2-3-6-10-7-4-5-8-11(12)9-10/h10-11H,2-9H2,1H3. The molecule has 1 rings (SSSR count). The van der Waals surface area contributed by atoms with Gasteiger partial charge >= 0.3 is 0 Å². The first kappa shape index (κ1) is 10.6. The van der Waals surface area contributed by atoms with Crippen LogP contribution in [0, 0.1) is 5.92 Å². The lowest BCUT2D eigenvalue weighted by atomic mass is 9.94. The van der Waals surface area contributed by atoms with Crippen LogP contribution in [0.4, 0.5) is 0 Å². The number of unbranched alkanes of at least 4 members (excludes halogenated alkanes) is 1. The van der Waals surface area contributed by atoms with Gasteiger partial charge in [0.2, 0.25) is 0 Å². The van der Waals surface area contributed by atoms with Crippen molar-refractivity contribution < 1.29 is 0 Å². The highest BCUT2D eigenvalue weighted by Gasteiger charge is 2.17. The molecule has 2 unspecified atom stereocenters. The molecule has 2 atom stereocenters. The van der Waals surface area contributed by atoms with E-state index in [0.29, 0.717) is 0 Å². The third kappa shape index (κ3) is 3.93. The van der Waals surface area contributed by atoms with Crippen molar-refractivity contribution in [2.75, 3.05) is 0 Å². The highest BCUT2D eigenvalue weighted by atomic mass is 79.9. The Kier molecular flexibility index (Phi) is 5.29. The highest BCUT2D eigenvalue weighted by molar-refractivity contribution is 9.09. The van der Waals surface area contributed by atoms with E-state index in [2.05, 4.69) is 22.9 Å². The van der Waals surface area contributed by atoms with Crippen LogP contribution in [0.2, 0.25) is 0 Å². The largest absolute Gasteiger partial charge is 0.0891 e. The third-order valence-corrected chi connectivity index (χ3v) is 3.77. The molecular weight excluding hydrogens is 212 g/mol. The lowest BCUT2D eigenvalue weighted by molar-refractivity contribution is 0.418. The first-order valence-electron chi connectivity index (χ1n) is 5.47. The monoisotopic (exact) mass is 232 g/mol. The molecule has 0 N–H and O–H groups in total. The van der Waals surface area contributed by atoms with Crippen LogP contribution in [0.5, 0.6) is 0 Å².